The van der Waals surface area contributed by atoms with Crippen LogP contribution in [-0.4, -0.2) is 24.4 Å². The average Bonchev–Trinajstić information content (AvgIpc) is 2.94. The number of nitrogens with zero attached hydrogens (tertiary/aromatic N) is 1. The van der Waals surface area contributed by atoms with Crippen LogP contribution in [0.1, 0.15) is 26.5 Å². The van der Waals surface area contributed by atoms with Gasteiger partial charge in [-0.3, -0.25) is 0 Å². The lowest BCUT2D eigenvalue weighted by Gasteiger charge is -2.17. The summed E-state index contributed by atoms with van der Waals surface area (Å²) in [4.78, 5) is 7.83. The van der Waals surface area contributed by atoms with Crippen molar-refractivity contribution in [1.82, 2.24) is 14.7 Å². The summed E-state index contributed by atoms with van der Waals surface area (Å²) < 4.78 is 27.7. The van der Waals surface area contributed by atoms with Crippen molar-refractivity contribution in [2.75, 3.05) is 0 Å². The summed E-state index contributed by atoms with van der Waals surface area (Å²) in [6.07, 6.45) is 1.75. The standard InChI is InChI=1S/C19H23N3O2S/c1-12(2)14(4)22-25(23,24)16-7-5-15(6-8-16)17-9-10-20-19-18(17)11-13(3)21-19/h5-12,14,22H,1-4H3,(H,20,21). The zero-order chi connectivity index (χ0) is 18.2. The van der Waals surface area contributed by atoms with Crippen molar-refractivity contribution in [1.29, 1.82) is 0 Å². The van der Waals surface area contributed by atoms with E-state index in [1.54, 1.807) is 18.3 Å². The molecule has 3 aromatic rings. The highest BCUT2D eigenvalue weighted by atomic mass is 32.2. The Morgan fingerprint density at radius 2 is 1.76 bits per heavy atom. The van der Waals surface area contributed by atoms with Gasteiger partial charge in [-0.05, 0) is 55.2 Å². The van der Waals surface area contributed by atoms with E-state index in [0.29, 0.717) is 0 Å². The van der Waals surface area contributed by atoms with Crippen LogP contribution in [0, 0.1) is 12.8 Å². The van der Waals surface area contributed by atoms with Crippen molar-refractivity contribution in [3.8, 4) is 11.1 Å². The molecule has 0 spiro atoms. The van der Waals surface area contributed by atoms with E-state index in [9.17, 15) is 8.42 Å². The van der Waals surface area contributed by atoms with Crippen LogP contribution in [0.4, 0.5) is 0 Å². The molecule has 0 saturated heterocycles. The summed E-state index contributed by atoms with van der Waals surface area (Å²) in [6, 6.07) is 10.9. The fraction of sp³-hybridized carbons (Fsp3) is 0.316. The van der Waals surface area contributed by atoms with Crippen molar-refractivity contribution in [2.24, 2.45) is 5.92 Å². The van der Waals surface area contributed by atoms with Crippen LogP contribution in [0.3, 0.4) is 0 Å². The van der Waals surface area contributed by atoms with E-state index in [1.165, 1.54) is 0 Å². The Morgan fingerprint density at radius 1 is 1.08 bits per heavy atom. The van der Waals surface area contributed by atoms with Crippen LogP contribution in [-0.2, 0) is 10.0 Å². The first-order chi connectivity index (χ1) is 11.8. The Kier molecular flexibility index (Phi) is 4.67. The van der Waals surface area contributed by atoms with Gasteiger partial charge in [0.2, 0.25) is 10.0 Å². The lowest BCUT2D eigenvalue weighted by molar-refractivity contribution is 0.476. The molecule has 0 saturated carbocycles. The quantitative estimate of drug-likeness (QED) is 0.728. The van der Waals surface area contributed by atoms with Gasteiger partial charge < -0.3 is 4.98 Å². The topological polar surface area (TPSA) is 74.8 Å². The second-order valence-electron chi connectivity index (χ2n) is 6.75. The predicted octanol–water partition coefficient (Wildman–Crippen LogP) is 3.86. The Hall–Kier alpha value is -2.18. The molecule has 0 aliphatic carbocycles. The van der Waals surface area contributed by atoms with Gasteiger partial charge in [0.25, 0.3) is 0 Å². The van der Waals surface area contributed by atoms with Crippen molar-refractivity contribution in [3.05, 3.63) is 48.3 Å². The maximum Gasteiger partial charge on any atom is 0.240 e. The molecule has 25 heavy (non-hydrogen) atoms. The van der Waals surface area contributed by atoms with E-state index in [2.05, 4.69) is 14.7 Å². The number of pyridine rings is 1. The van der Waals surface area contributed by atoms with E-state index in [0.717, 1.165) is 27.9 Å². The van der Waals surface area contributed by atoms with Crippen molar-refractivity contribution < 1.29 is 8.42 Å². The predicted molar refractivity (Wildman–Crippen MR) is 101 cm³/mol. The fourth-order valence-corrected chi connectivity index (χ4v) is 4.06. The molecular formula is C19H23N3O2S. The van der Waals surface area contributed by atoms with Gasteiger partial charge in [-0.25, -0.2) is 18.1 Å². The molecule has 1 aromatic carbocycles. The average molecular weight is 357 g/mol. The van der Waals surface area contributed by atoms with Gasteiger partial charge in [-0.1, -0.05) is 26.0 Å². The minimum absolute atomic E-state index is 0.118. The molecule has 2 N–H and O–H groups in total. The highest BCUT2D eigenvalue weighted by molar-refractivity contribution is 7.89. The molecule has 6 heteroatoms. The number of hydrogen-bond donors (Lipinski definition) is 2. The van der Waals surface area contributed by atoms with E-state index < -0.39 is 10.0 Å². The number of rotatable bonds is 5. The number of sulfonamides is 1. The Balaban J connectivity index is 1.94. The number of aryl methyl sites for hydroxylation is 1. The number of H-pyrrole nitrogens is 1. The van der Waals surface area contributed by atoms with Gasteiger partial charge in [-0.15, -0.1) is 0 Å². The van der Waals surface area contributed by atoms with Crippen molar-refractivity contribution in [2.45, 2.75) is 38.6 Å². The van der Waals surface area contributed by atoms with Crippen LogP contribution in [0.5, 0.6) is 0 Å². The third-order valence-electron chi connectivity index (χ3n) is 4.48. The summed E-state index contributed by atoms with van der Waals surface area (Å²) in [6.45, 7) is 7.84. The van der Waals surface area contributed by atoms with Gasteiger partial charge >= 0.3 is 0 Å². The lowest BCUT2D eigenvalue weighted by Crippen LogP contribution is -2.36. The SMILES string of the molecule is Cc1cc2c(-c3ccc(S(=O)(=O)NC(C)C(C)C)cc3)ccnc2[nH]1. The largest absolute Gasteiger partial charge is 0.344 e. The Bertz CT molecular complexity index is 989. The van der Waals surface area contributed by atoms with E-state index in [-0.39, 0.29) is 16.9 Å². The van der Waals surface area contributed by atoms with E-state index in [1.807, 2.05) is 52.0 Å². The zero-order valence-corrected chi connectivity index (χ0v) is 15.7. The first-order valence-electron chi connectivity index (χ1n) is 8.35. The lowest BCUT2D eigenvalue weighted by atomic mass is 10.0. The molecule has 0 fully saturated rings. The third kappa shape index (κ3) is 3.60. The highest BCUT2D eigenvalue weighted by Crippen LogP contribution is 2.28. The Morgan fingerprint density at radius 3 is 2.40 bits per heavy atom. The molecule has 0 aliphatic heterocycles. The molecule has 0 amide bonds. The van der Waals surface area contributed by atoms with Gasteiger partial charge in [0.15, 0.2) is 0 Å². The number of aromatic amines is 1. The zero-order valence-electron chi connectivity index (χ0n) is 14.9. The smallest absolute Gasteiger partial charge is 0.240 e. The van der Waals surface area contributed by atoms with Crippen molar-refractivity contribution >= 4 is 21.1 Å². The van der Waals surface area contributed by atoms with Crippen LogP contribution in [0.15, 0.2) is 47.5 Å². The minimum Gasteiger partial charge on any atom is -0.344 e. The second kappa shape index (κ2) is 6.61. The molecule has 5 nitrogen and oxygen atoms in total. The monoisotopic (exact) mass is 357 g/mol. The van der Waals surface area contributed by atoms with E-state index in [4.69, 9.17) is 0 Å². The molecule has 0 bridgehead atoms. The number of aromatic nitrogens is 2. The first-order valence-corrected chi connectivity index (χ1v) is 9.83. The molecule has 0 radical (unpaired) electrons. The molecule has 2 aromatic heterocycles. The van der Waals surface area contributed by atoms with Crippen LogP contribution in [0.2, 0.25) is 0 Å². The van der Waals surface area contributed by atoms with Crippen LogP contribution >= 0.6 is 0 Å². The molecular weight excluding hydrogens is 334 g/mol. The first kappa shape index (κ1) is 17.6. The number of nitrogens with one attached hydrogen (secondary N) is 2. The van der Waals surface area contributed by atoms with Gasteiger partial charge in [-0.2, -0.15) is 0 Å². The Labute approximate surface area is 148 Å². The molecule has 0 aliphatic rings. The van der Waals surface area contributed by atoms with Gasteiger partial charge in [0.05, 0.1) is 4.90 Å². The van der Waals surface area contributed by atoms with Gasteiger partial charge in [0.1, 0.15) is 5.65 Å². The summed E-state index contributed by atoms with van der Waals surface area (Å²) >= 11 is 0. The van der Waals surface area contributed by atoms with Crippen molar-refractivity contribution in [3.63, 3.8) is 0 Å². The number of hydrogen-bond acceptors (Lipinski definition) is 3. The summed E-state index contributed by atoms with van der Waals surface area (Å²) in [5.41, 5.74) is 3.87. The third-order valence-corrected chi connectivity index (χ3v) is 6.06. The van der Waals surface area contributed by atoms with Gasteiger partial charge in [0, 0.05) is 23.3 Å². The maximum atomic E-state index is 12.5. The maximum absolute atomic E-state index is 12.5. The molecule has 1 atom stereocenters. The summed E-state index contributed by atoms with van der Waals surface area (Å²) in [5, 5.41) is 1.03. The minimum atomic E-state index is -3.51. The second-order valence-corrected chi connectivity index (χ2v) is 8.47. The fourth-order valence-electron chi connectivity index (χ4n) is 2.67. The normalized spacial score (nSPS) is 13.5. The molecule has 3 rings (SSSR count). The number of fused-ring (bicyclic) bond motifs is 1. The molecule has 1 unspecified atom stereocenters. The highest BCUT2D eigenvalue weighted by Gasteiger charge is 2.19. The summed E-state index contributed by atoms with van der Waals surface area (Å²) in [7, 11) is -3.51. The van der Waals surface area contributed by atoms with E-state index >= 15 is 0 Å². The number of benzene rings is 1. The summed E-state index contributed by atoms with van der Waals surface area (Å²) in [5.74, 6) is 0.232. The molecule has 132 valence electrons. The van der Waals surface area contributed by atoms with Crippen LogP contribution < -0.4 is 4.72 Å². The van der Waals surface area contributed by atoms with Crippen LogP contribution in [0.25, 0.3) is 22.2 Å². The molecule has 2 heterocycles.